The molecular weight excluding hydrogens is 188 g/mol. The van der Waals surface area contributed by atoms with Gasteiger partial charge in [0, 0.05) is 5.41 Å². The minimum absolute atomic E-state index is 0.0633. The maximum absolute atomic E-state index is 12.7. The van der Waals surface area contributed by atoms with E-state index in [-0.39, 0.29) is 12.2 Å². The van der Waals surface area contributed by atoms with Crippen LogP contribution in [0.25, 0.3) is 0 Å². The SMILES string of the molecule is CCC[C@](C)(C[C@H](N)C(C)=O)C(F)F. The van der Waals surface area contributed by atoms with Crippen LogP contribution in [0.2, 0.25) is 0 Å². The molecule has 0 aliphatic rings. The normalized spacial score (nSPS) is 17.9. The van der Waals surface area contributed by atoms with E-state index in [1.165, 1.54) is 13.8 Å². The summed E-state index contributed by atoms with van der Waals surface area (Å²) >= 11 is 0. The minimum atomic E-state index is -2.42. The highest BCUT2D eigenvalue weighted by Crippen LogP contribution is 2.35. The van der Waals surface area contributed by atoms with Gasteiger partial charge >= 0.3 is 0 Å². The first-order chi connectivity index (χ1) is 6.33. The lowest BCUT2D eigenvalue weighted by atomic mass is 9.79. The van der Waals surface area contributed by atoms with Gasteiger partial charge in [0.15, 0.2) is 0 Å². The average Bonchev–Trinajstić information content (AvgIpc) is 2.03. The van der Waals surface area contributed by atoms with E-state index in [0.29, 0.717) is 12.8 Å². The Kier molecular flexibility index (Phi) is 5.19. The first-order valence-electron chi connectivity index (χ1n) is 4.87. The molecule has 0 aromatic carbocycles. The van der Waals surface area contributed by atoms with Crippen molar-refractivity contribution in [2.75, 3.05) is 0 Å². The van der Waals surface area contributed by atoms with Crippen LogP contribution in [0.5, 0.6) is 0 Å². The van der Waals surface area contributed by atoms with Crippen molar-refractivity contribution in [2.24, 2.45) is 11.1 Å². The number of carbonyl (C=O) groups is 1. The molecule has 2 N–H and O–H groups in total. The molecule has 0 saturated heterocycles. The molecule has 0 fully saturated rings. The highest BCUT2D eigenvalue weighted by molar-refractivity contribution is 5.81. The number of halogens is 2. The van der Waals surface area contributed by atoms with Crippen LogP contribution in [0.1, 0.15) is 40.0 Å². The molecule has 2 atom stereocenters. The lowest BCUT2D eigenvalue weighted by Gasteiger charge is -2.30. The molecule has 0 aromatic heterocycles. The molecule has 2 nitrogen and oxygen atoms in total. The molecule has 84 valence electrons. The second-order valence-electron chi connectivity index (χ2n) is 4.13. The Hall–Kier alpha value is -0.510. The summed E-state index contributed by atoms with van der Waals surface area (Å²) in [6.07, 6.45) is -1.29. The molecular formula is C10H19F2NO. The number of carbonyl (C=O) groups excluding carboxylic acids is 1. The largest absolute Gasteiger partial charge is 0.321 e. The number of Topliss-reactive ketones (excluding diaryl/α,β-unsaturated/α-hetero) is 1. The molecule has 0 rings (SSSR count). The summed E-state index contributed by atoms with van der Waals surface area (Å²) in [7, 11) is 0. The summed E-state index contributed by atoms with van der Waals surface area (Å²) in [5.74, 6) is -0.229. The second kappa shape index (κ2) is 5.39. The van der Waals surface area contributed by atoms with Gasteiger partial charge in [-0.15, -0.1) is 0 Å². The quantitative estimate of drug-likeness (QED) is 0.726. The van der Waals surface area contributed by atoms with E-state index >= 15 is 0 Å². The van der Waals surface area contributed by atoms with E-state index in [1.54, 1.807) is 0 Å². The Balaban J connectivity index is 4.43. The van der Waals surface area contributed by atoms with E-state index in [2.05, 4.69) is 0 Å². The van der Waals surface area contributed by atoms with Gasteiger partial charge in [-0.05, 0) is 19.8 Å². The monoisotopic (exact) mass is 207 g/mol. The Labute approximate surface area is 83.9 Å². The topological polar surface area (TPSA) is 43.1 Å². The third-order valence-corrected chi connectivity index (χ3v) is 2.56. The zero-order chi connectivity index (χ0) is 11.4. The third kappa shape index (κ3) is 3.70. The summed E-state index contributed by atoms with van der Waals surface area (Å²) < 4.78 is 25.5. The van der Waals surface area contributed by atoms with Gasteiger partial charge in [0.2, 0.25) is 6.43 Å². The van der Waals surface area contributed by atoms with Crippen molar-refractivity contribution in [3.05, 3.63) is 0 Å². The van der Waals surface area contributed by atoms with Crippen LogP contribution in [0.3, 0.4) is 0 Å². The van der Waals surface area contributed by atoms with Gasteiger partial charge in [-0.3, -0.25) is 4.79 Å². The van der Waals surface area contributed by atoms with Gasteiger partial charge in [0.25, 0.3) is 0 Å². The van der Waals surface area contributed by atoms with Gasteiger partial charge < -0.3 is 5.73 Å². The molecule has 0 radical (unpaired) electrons. The Morgan fingerprint density at radius 1 is 1.50 bits per heavy atom. The molecule has 0 aromatic rings. The number of hydrogen-bond acceptors (Lipinski definition) is 2. The van der Waals surface area contributed by atoms with Crippen molar-refractivity contribution < 1.29 is 13.6 Å². The molecule has 0 amide bonds. The van der Waals surface area contributed by atoms with Gasteiger partial charge in [-0.25, -0.2) is 8.78 Å². The fourth-order valence-electron chi connectivity index (χ4n) is 1.52. The summed E-state index contributed by atoms with van der Waals surface area (Å²) in [6, 6.07) is -0.763. The van der Waals surface area contributed by atoms with Crippen LogP contribution in [0, 0.1) is 5.41 Å². The number of alkyl halides is 2. The van der Waals surface area contributed by atoms with Crippen LogP contribution in [0.15, 0.2) is 0 Å². The molecule has 4 heteroatoms. The summed E-state index contributed by atoms with van der Waals surface area (Å²) in [4.78, 5) is 10.9. The van der Waals surface area contributed by atoms with Crippen LogP contribution < -0.4 is 5.73 Å². The lowest BCUT2D eigenvalue weighted by molar-refractivity contribution is -0.119. The van der Waals surface area contributed by atoms with E-state index in [4.69, 9.17) is 5.73 Å². The maximum atomic E-state index is 12.7. The van der Waals surface area contributed by atoms with Crippen LogP contribution >= 0.6 is 0 Å². The summed E-state index contributed by atoms with van der Waals surface area (Å²) in [5, 5.41) is 0. The van der Waals surface area contributed by atoms with Gasteiger partial charge in [0.1, 0.15) is 5.78 Å². The molecule has 0 aliphatic heterocycles. The third-order valence-electron chi connectivity index (χ3n) is 2.56. The fourth-order valence-corrected chi connectivity index (χ4v) is 1.52. The standard InChI is InChI=1S/C10H19F2NO/c1-4-5-10(3,9(11)12)6-8(13)7(2)14/h8-9H,4-6,13H2,1-3H3/t8-,10+/m0/s1. The van der Waals surface area contributed by atoms with Gasteiger partial charge in [0.05, 0.1) is 6.04 Å². The van der Waals surface area contributed by atoms with Crippen molar-refractivity contribution in [1.29, 1.82) is 0 Å². The van der Waals surface area contributed by atoms with Crippen molar-refractivity contribution in [2.45, 2.75) is 52.5 Å². The van der Waals surface area contributed by atoms with E-state index in [0.717, 1.165) is 0 Å². The number of nitrogens with two attached hydrogens (primary N) is 1. The summed E-state index contributed by atoms with van der Waals surface area (Å²) in [5.41, 5.74) is 4.36. The fraction of sp³-hybridized carbons (Fsp3) is 0.900. The van der Waals surface area contributed by atoms with E-state index < -0.39 is 17.9 Å². The number of hydrogen-bond donors (Lipinski definition) is 1. The Morgan fingerprint density at radius 3 is 2.29 bits per heavy atom. The van der Waals surface area contributed by atoms with Crippen LogP contribution in [-0.4, -0.2) is 18.3 Å². The lowest BCUT2D eigenvalue weighted by Crippen LogP contribution is -2.38. The predicted molar refractivity (Wildman–Crippen MR) is 52.3 cm³/mol. The van der Waals surface area contributed by atoms with Crippen LogP contribution in [-0.2, 0) is 4.79 Å². The highest BCUT2D eigenvalue weighted by Gasteiger charge is 2.36. The predicted octanol–water partition coefficient (Wildman–Crippen LogP) is 2.36. The van der Waals surface area contributed by atoms with Gasteiger partial charge in [-0.1, -0.05) is 20.3 Å². The van der Waals surface area contributed by atoms with Crippen molar-refractivity contribution in [3.8, 4) is 0 Å². The van der Waals surface area contributed by atoms with E-state index in [1.807, 2.05) is 6.92 Å². The van der Waals surface area contributed by atoms with Gasteiger partial charge in [-0.2, -0.15) is 0 Å². The number of rotatable bonds is 6. The molecule has 0 spiro atoms. The zero-order valence-corrected chi connectivity index (χ0v) is 9.02. The molecule has 0 bridgehead atoms. The highest BCUT2D eigenvalue weighted by atomic mass is 19.3. The molecule has 0 heterocycles. The molecule has 0 aliphatic carbocycles. The Morgan fingerprint density at radius 2 is 2.00 bits per heavy atom. The van der Waals surface area contributed by atoms with Crippen molar-refractivity contribution in [3.63, 3.8) is 0 Å². The smallest absolute Gasteiger partial charge is 0.243 e. The molecule has 14 heavy (non-hydrogen) atoms. The summed E-state index contributed by atoms with van der Waals surface area (Å²) in [6.45, 7) is 4.67. The molecule has 0 unspecified atom stereocenters. The zero-order valence-electron chi connectivity index (χ0n) is 9.02. The van der Waals surface area contributed by atoms with Crippen molar-refractivity contribution in [1.82, 2.24) is 0 Å². The average molecular weight is 207 g/mol. The second-order valence-corrected chi connectivity index (χ2v) is 4.13. The Bertz CT molecular complexity index is 197. The maximum Gasteiger partial charge on any atom is 0.243 e. The number of ketones is 1. The van der Waals surface area contributed by atoms with Crippen LogP contribution in [0.4, 0.5) is 8.78 Å². The minimum Gasteiger partial charge on any atom is -0.321 e. The molecule has 0 saturated carbocycles. The first-order valence-corrected chi connectivity index (χ1v) is 4.87. The van der Waals surface area contributed by atoms with Crippen molar-refractivity contribution >= 4 is 5.78 Å². The first kappa shape index (κ1) is 13.5. The van der Waals surface area contributed by atoms with E-state index in [9.17, 15) is 13.6 Å².